The van der Waals surface area contributed by atoms with Crippen molar-refractivity contribution >= 4 is 22.6 Å². The Bertz CT molecular complexity index is 156. The second-order valence-electron chi connectivity index (χ2n) is 1.83. The van der Waals surface area contributed by atoms with Crippen molar-refractivity contribution in [3.8, 4) is 0 Å². The number of aliphatic carboxylic acids is 1. The molecule has 0 aliphatic rings. The average Bonchev–Trinajstić information content (AvgIpc) is 1.58. The first kappa shape index (κ1) is 9.29. The number of carboxylic acids is 1. The number of hydrogen-bond acceptors (Lipinski definition) is 3. The summed E-state index contributed by atoms with van der Waals surface area (Å²) >= 11 is 0. The largest absolute Gasteiger partial charge is 0.481 e. The first-order valence-electron chi connectivity index (χ1n) is 2.56. The van der Waals surface area contributed by atoms with E-state index >= 15 is 0 Å². The van der Waals surface area contributed by atoms with Gasteiger partial charge in [0.05, 0.1) is 5.75 Å². The number of carboxylic acid groups (broad SMARTS) is 1. The van der Waals surface area contributed by atoms with Crippen LogP contribution in [-0.4, -0.2) is 33.1 Å². The van der Waals surface area contributed by atoms with Gasteiger partial charge in [-0.25, -0.2) is 0 Å². The molecule has 0 radical (unpaired) electrons. The molecule has 5 heteroatoms. The minimum atomic E-state index is -1.22. The molecular weight excluding hydrogens is 156 g/mol. The summed E-state index contributed by atoms with van der Waals surface area (Å²) in [7, 11) is -1.22. The standard InChI is InChI=1S/C5H8O4S/c1-10(9)3-4(6)2-5(7)8/h2-3H2,1H3,(H,7,8). The molecule has 1 N–H and O–H groups in total. The molecule has 0 aliphatic heterocycles. The number of carbonyl (C=O) groups is 2. The van der Waals surface area contributed by atoms with Crippen LogP contribution in [0, 0.1) is 0 Å². The fraction of sp³-hybridized carbons (Fsp3) is 0.600. The second-order valence-corrected chi connectivity index (χ2v) is 3.26. The molecule has 0 spiro atoms. The molecule has 0 fully saturated rings. The molecule has 58 valence electrons. The lowest BCUT2D eigenvalue weighted by Crippen LogP contribution is -2.13. The minimum absolute atomic E-state index is 0.160. The summed E-state index contributed by atoms with van der Waals surface area (Å²) in [5, 5.41) is 8.08. The normalized spacial score (nSPS) is 12.5. The van der Waals surface area contributed by atoms with E-state index in [0.29, 0.717) is 0 Å². The SMILES string of the molecule is CS(=O)CC(=O)CC(=O)O. The smallest absolute Gasteiger partial charge is 0.310 e. The minimum Gasteiger partial charge on any atom is -0.481 e. The molecule has 0 heterocycles. The molecule has 0 aromatic carbocycles. The van der Waals surface area contributed by atoms with Crippen LogP contribution in [-0.2, 0) is 20.4 Å². The lowest BCUT2D eigenvalue weighted by atomic mass is 10.3. The van der Waals surface area contributed by atoms with Crippen LogP contribution in [0.5, 0.6) is 0 Å². The van der Waals surface area contributed by atoms with Gasteiger partial charge in [0, 0.05) is 17.1 Å². The summed E-state index contributed by atoms with van der Waals surface area (Å²) in [6.07, 6.45) is 0.833. The van der Waals surface area contributed by atoms with E-state index in [-0.39, 0.29) is 5.75 Å². The van der Waals surface area contributed by atoms with Crippen LogP contribution in [0.15, 0.2) is 0 Å². The zero-order valence-corrected chi connectivity index (χ0v) is 6.31. The molecule has 0 rings (SSSR count). The third-order valence-electron chi connectivity index (χ3n) is 0.713. The van der Waals surface area contributed by atoms with Crippen LogP contribution >= 0.6 is 0 Å². The quantitative estimate of drug-likeness (QED) is 0.564. The monoisotopic (exact) mass is 164 g/mol. The van der Waals surface area contributed by atoms with Gasteiger partial charge in [-0.2, -0.15) is 0 Å². The van der Waals surface area contributed by atoms with E-state index in [4.69, 9.17) is 5.11 Å². The van der Waals surface area contributed by atoms with Crippen LogP contribution in [0.1, 0.15) is 6.42 Å². The van der Waals surface area contributed by atoms with E-state index in [0.717, 1.165) is 0 Å². The van der Waals surface area contributed by atoms with Crippen LogP contribution in [0.25, 0.3) is 0 Å². The van der Waals surface area contributed by atoms with E-state index in [1.807, 2.05) is 0 Å². The molecule has 0 aromatic heterocycles. The molecule has 0 bridgehead atoms. The molecule has 0 amide bonds. The van der Waals surface area contributed by atoms with Gasteiger partial charge in [-0.3, -0.25) is 13.8 Å². The maximum Gasteiger partial charge on any atom is 0.310 e. The van der Waals surface area contributed by atoms with Gasteiger partial charge in [0.15, 0.2) is 5.78 Å². The van der Waals surface area contributed by atoms with Gasteiger partial charge < -0.3 is 5.11 Å². The van der Waals surface area contributed by atoms with Crippen molar-refractivity contribution in [3.63, 3.8) is 0 Å². The Morgan fingerprint density at radius 3 is 2.30 bits per heavy atom. The van der Waals surface area contributed by atoms with Crippen molar-refractivity contribution in [2.45, 2.75) is 6.42 Å². The zero-order valence-electron chi connectivity index (χ0n) is 5.49. The van der Waals surface area contributed by atoms with E-state index in [1.54, 1.807) is 0 Å². The Kier molecular flexibility index (Phi) is 3.87. The molecular formula is C5H8O4S. The lowest BCUT2D eigenvalue weighted by molar-refractivity contribution is -0.139. The summed E-state index contributed by atoms with van der Waals surface area (Å²) in [6.45, 7) is 0. The third-order valence-corrected chi connectivity index (χ3v) is 1.44. The van der Waals surface area contributed by atoms with Gasteiger partial charge in [-0.15, -0.1) is 0 Å². The third kappa shape index (κ3) is 5.43. The van der Waals surface area contributed by atoms with Crippen molar-refractivity contribution in [1.82, 2.24) is 0 Å². The number of hydrogen-bond donors (Lipinski definition) is 1. The summed E-state index contributed by atoms with van der Waals surface area (Å²) in [5.74, 6) is -1.82. The maximum atomic E-state index is 10.5. The number of Topliss-reactive ketones (excluding diaryl/α,β-unsaturated/α-hetero) is 1. The van der Waals surface area contributed by atoms with Gasteiger partial charge in [0.25, 0.3) is 0 Å². The predicted octanol–water partition coefficient (Wildman–Crippen LogP) is -0.591. The summed E-state index contributed by atoms with van der Waals surface area (Å²) in [4.78, 5) is 20.4. The Morgan fingerprint density at radius 1 is 1.50 bits per heavy atom. The van der Waals surface area contributed by atoms with Crippen molar-refractivity contribution in [3.05, 3.63) is 0 Å². The Hall–Kier alpha value is -0.710. The Morgan fingerprint density at radius 2 is 2.00 bits per heavy atom. The van der Waals surface area contributed by atoms with Gasteiger partial charge >= 0.3 is 5.97 Å². The highest BCUT2D eigenvalue weighted by Gasteiger charge is 2.08. The first-order chi connectivity index (χ1) is 4.52. The van der Waals surface area contributed by atoms with E-state index in [9.17, 15) is 13.8 Å². The molecule has 1 atom stereocenters. The zero-order chi connectivity index (χ0) is 8.15. The van der Waals surface area contributed by atoms with Crippen LogP contribution in [0.4, 0.5) is 0 Å². The Balaban J connectivity index is 3.65. The average molecular weight is 164 g/mol. The highest BCUT2D eigenvalue weighted by Crippen LogP contribution is 1.85. The predicted molar refractivity (Wildman–Crippen MR) is 36.2 cm³/mol. The molecule has 0 aliphatic carbocycles. The fourth-order valence-corrected chi connectivity index (χ4v) is 1.00. The van der Waals surface area contributed by atoms with Crippen molar-refractivity contribution in [1.29, 1.82) is 0 Å². The van der Waals surface area contributed by atoms with Crippen LogP contribution < -0.4 is 0 Å². The fourth-order valence-electron chi connectivity index (χ4n) is 0.446. The second kappa shape index (κ2) is 4.16. The van der Waals surface area contributed by atoms with Gasteiger partial charge in [-0.05, 0) is 0 Å². The van der Waals surface area contributed by atoms with Gasteiger partial charge in [-0.1, -0.05) is 0 Å². The summed E-state index contributed by atoms with van der Waals surface area (Å²) in [5.41, 5.74) is 0. The first-order valence-corrected chi connectivity index (χ1v) is 4.28. The molecule has 0 saturated heterocycles. The van der Waals surface area contributed by atoms with E-state index < -0.39 is 29.0 Å². The summed E-state index contributed by atoms with van der Waals surface area (Å²) in [6, 6.07) is 0. The number of ketones is 1. The van der Waals surface area contributed by atoms with Crippen molar-refractivity contribution in [2.24, 2.45) is 0 Å². The highest BCUT2D eigenvalue weighted by molar-refractivity contribution is 7.85. The van der Waals surface area contributed by atoms with Crippen molar-refractivity contribution < 1.29 is 18.9 Å². The van der Waals surface area contributed by atoms with Gasteiger partial charge in [0.2, 0.25) is 0 Å². The summed E-state index contributed by atoms with van der Waals surface area (Å²) < 4.78 is 10.3. The Labute approximate surface area is 60.7 Å². The van der Waals surface area contributed by atoms with E-state index in [2.05, 4.69) is 0 Å². The van der Waals surface area contributed by atoms with Crippen LogP contribution in [0.3, 0.4) is 0 Å². The lowest BCUT2D eigenvalue weighted by Gasteiger charge is -1.91. The molecule has 10 heavy (non-hydrogen) atoms. The topological polar surface area (TPSA) is 71.4 Å². The van der Waals surface area contributed by atoms with E-state index in [1.165, 1.54) is 6.26 Å². The maximum absolute atomic E-state index is 10.5. The van der Waals surface area contributed by atoms with Crippen LogP contribution in [0.2, 0.25) is 0 Å². The van der Waals surface area contributed by atoms with Gasteiger partial charge in [0.1, 0.15) is 6.42 Å². The number of rotatable bonds is 4. The molecule has 4 nitrogen and oxygen atoms in total. The van der Waals surface area contributed by atoms with Crippen molar-refractivity contribution in [2.75, 3.05) is 12.0 Å². The molecule has 1 unspecified atom stereocenters. The highest BCUT2D eigenvalue weighted by atomic mass is 32.2. The number of carbonyl (C=O) groups excluding carboxylic acids is 1. The molecule has 0 aromatic rings. The molecule has 0 saturated carbocycles.